The highest BCUT2D eigenvalue weighted by Gasteiger charge is 2.10. The SMILES string of the molecule is C=CCc1ccc(Oc2cc(C(=NCc3ccc(OC)cc3)NO)ccn2)c(OC)c1. The topological polar surface area (TPSA) is 85.2 Å². The minimum absolute atomic E-state index is 0.302. The third kappa shape index (κ3) is 5.83. The van der Waals surface area contributed by atoms with Gasteiger partial charge >= 0.3 is 0 Å². The van der Waals surface area contributed by atoms with E-state index < -0.39 is 0 Å². The van der Waals surface area contributed by atoms with Crippen LogP contribution in [-0.2, 0) is 13.0 Å². The van der Waals surface area contributed by atoms with E-state index in [-0.39, 0.29) is 0 Å². The van der Waals surface area contributed by atoms with Gasteiger partial charge in [0.1, 0.15) is 5.75 Å². The summed E-state index contributed by atoms with van der Waals surface area (Å²) in [5, 5.41) is 9.59. The molecule has 0 aliphatic rings. The van der Waals surface area contributed by atoms with E-state index >= 15 is 0 Å². The molecular weight excluding hydrogens is 394 g/mol. The molecule has 3 aromatic rings. The standard InChI is InChI=1S/C24H25N3O4/c1-4-5-17-8-11-21(22(14-17)30-3)31-23-15-19(12-13-25-23)24(27-28)26-16-18-6-9-20(29-2)10-7-18/h4,6-15,28H,1,5,16H2,2-3H3,(H,26,27). The van der Waals surface area contributed by atoms with Crippen molar-refractivity contribution in [2.24, 2.45) is 4.99 Å². The summed E-state index contributed by atoms with van der Waals surface area (Å²) >= 11 is 0. The zero-order valence-electron chi connectivity index (χ0n) is 17.5. The Morgan fingerprint density at radius 2 is 1.81 bits per heavy atom. The Labute approximate surface area is 181 Å². The molecule has 0 unspecified atom stereocenters. The van der Waals surface area contributed by atoms with Crippen LogP contribution in [0.5, 0.6) is 23.1 Å². The number of benzene rings is 2. The molecule has 2 aromatic carbocycles. The monoisotopic (exact) mass is 419 g/mol. The van der Waals surface area contributed by atoms with Crippen molar-refractivity contribution >= 4 is 5.84 Å². The molecule has 1 aromatic heterocycles. The van der Waals surface area contributed by atoms with Gasteiger partial charge in [-0.05, 0) is 47.9 Å². The van der Waals surface area contributed by atoms with Crippen LogP contribution in [0.1, 0.15) is 16.7 Å². The lowest BCUT2D eigenvalue weighted by atomic mass is 10.1. The Morgan fingerprint density at radius 3 is 2.48 bits per heavy atom. The summed E-state index contributed by atoms with van der Waals surface area (Å²) in [6.07, 6.45) is 4.15. The number of aromatic nitrogens is 1. The van der Waals surface area contributed by atoms with Crippen LogP contribution >= 0.6 is 0 Å². The van der Waals surface area contributed by atoms with E-state index in [4.69, 9.17) is 14.2 Å². The first-order chi connectivity index (χ1) is 15.2. The summed E-state index contributed by atoms with van der Waals surface area (Å²) in [6.45, 7) is 4.13. The highest BCUT2D eigenvalue weighted by Crippen LogP contribution is 2.32. The van der Waals surface area contributed by atoms with Crippen LogP contribution in [-0.4, -0.2) is 30.2 Å². The third-order valence-corrected chi connectivity index (χ3v) is 4.52. The molecular formula is C24H25N3O4. The third-order valence-electron chi connectivity index (χ3n) is 4.52. The average Bonchev–Trinajstić information content (AvgIpc) is 2.81. The van der Waals surface area contributed by atoms with Crippen LogP contribution in [0.15, 0.2) is 78.4 Å². The van der Waals surface area contributed by atoms with Gasteiger partial charge in [-0.15, -0.1) is 6.58 Å². The van der Waals surface area contributed by atoms with Crippen molar-refractivity contribution < 1.29 is 19.4 Å². The second kappa shape index (κ2) is 10.8. The van der Waals surface area contributed by atoms with E-state index in [9.17, 15) is 5.21 Å². The number of hydrogen-bond donors (Lipinski definition) is 2. The van der Waals surface area contributed by atoms with Gasteiger partial charge in [-0.3, -0.25) is 15.7 Å². The van der Waals surface area contributed by atoms with Crippen LogP contribution in [0.4, 0.5) is 0 Å². The number of amidine groups is 1. The molecule has 0 saturated carbocycles. The van der Waals surface area contributed by atoms with Gasteiger partial charge < -0.3 is 14.2 Å². The summed E-state index contributed by atoms with van der Waals surface area (Å²) in [5.74, 6) is 2.56. The predicted octanol–water partition coefficient (Wildman–Crippen LogP) is 4.55. The summed E-state index contributed by atoms with van der Waals surface area (Å²) in [7, 11) is 3.21. The van der Waals surface area contributed by atoms with Crippen LogP contribution in [0.2, 0.25) is 0 Å². The predicted molar refractivity (Wildman–Crippen MR) is 119 cm³/mol. The molecule has 0 aliphatic heterocycles. The lowest BCUT2D eigenvalue weighted by molar-refractivity contribution is 0.234. The fourth-order valence-corrected chi connectivity index (χ4v) is 2.91. The van der Waals surface area contributed by atoms with E-state index in [1.807, 2.05) is 48.5 Å². The number of hydroxylamine groups is 1. The first-order valence-electron chi connectivity index (χ1n) is 9.66. The van der Waals surface area contributed by atoms with E-state index in [0.717, 1.165) is 23.3 Å². The number of nitrogens with one attached hydrogen (secondary N) is 1. The Kier molecular flexibility index (Phi) is 7.61. The maximum atomic E-state index is 9.59. The molecule has 0 bridgehead atoms. The van der Waals surface area contributed by atoms with Crippen molar-refractivity contribution in [3.05, 3.63) is 90.1 Å². The molecule has 3 rings (SSSR count). The Balaban J connectivity index is 1.78. The number of rotatable bonds is 9. The number of allylic oxidation sites excluding steroid dienone is 1. The normalized spacial score (nSPS) is 11.0. The molecule has 0 radical (unpaired) electrons. The van der Waals surface area contributed by atoms with Gasteiger partial charge in [-0.1, -0.05) is 24.3 Å². The van der Waals surface area contributed by atoms with Gasteiger partial charge in [0.05, 0.1) is 20.8 Å². The van der Waals surface area contributed by atoms with Crippen molar-refractivity contribution in [1.82, 2.24) is 10.5 Å². The van der Waals surface area contributed by atoms with Crippen molar-refractivity contribution in [1.29, 1.82) is 0 Å². The molecule has 0 amide bonds. The minimum Gasteiger partial charge on any atom is -0.497 e. The fraction of sp³-hybridized carbons (Fsp3) is 0.167. The summed E-state index contributed by atoms with van der Waals surface area (Å²) in [4.78, 5) is 8.70. The highest BCUT2D eigenvalue weighted by molar-refractivity contribution is 5.98. The number of pyridine rings is 1. The Bertz CT molecular complexity index is 1050. The molecule has 0 atom stereocenters. The number of hydrogen-bond acceptors (Lipinski definition) is 6. The Morgan fingerprint density at radius 1 is 1.03 bits per heavy atom. The first-order valence-corrected chi connectivity index (χ1v) is 9.66. The fourth-order valence-electron chi connectivity index (χ4n) is 2.91. The van der Waals surface area contributed by atoms with Crippen LogP contribution in [0, 0.1) is 0 Å². The van der Waals surface area contributed by atoms with Crippen molar-refractivity contribution in [2.45, 2.75) is 13.0 Å². The number of methoxy groups -OCH3 is 2. The van der Waals surface area contributed by atoms with E-state index in [0.29, 0.717) is 35.3 Å². The molecule has 31 heavy (non-hydrogen) atoms. The molecule has 0 aliphatic carbocycles. The molecule has 0 spiro atoms. The summed E-state index contributed by atoms with van der Waals surface area (Å²) in [6, 6.07) is 16.7. The van der Waals surface area contributed by atoms with Gasteiger partial charge in [0.25, 0.3) is 0 Å². The summed E-state index contributed by atoms with van der Waals surface area (Å²) in [5.41, 5.74) is 4.83. The summed E-state index contributed by atoms with van der Waals surface area (Å²) < 4.78 is 16.5. The van der Waals surface area contributed by atoms with Crippen LogP contribution in [0.3, 0.4) is 0 Å². The van der Waals surface area contributed by atoms with Crippen molar-refractivity contribution in [3.63, 3.8) is 0 Å². The lowest BCUT2D eigenvalue weighted by Crippen LogP contribution is -2.20. The zero-order valence-corrected chi connectivity index (χ0v) is 17.5. The van der Waals surface area contributed by atoms with Crippen molar-refractivity contribution in [2.75, 3.05) is 14.2 Å². The molecule has 1 heterocycles. The van der Waals surface area contributed by atoms with Gasteiger partial charge in [0, 0.05) is 17.8 Å². The zero-order chi connectivity index (χ0) is 22.1. The van der Waals surface area contributed by atoms with E-state index in [1.54, 1.807) is 32.5 Å². The van der Waals surface area contributed by atoms with Gasteiger partial charge in [-0.25, -0.2) is 4.98 Å². The van der Waals surface area contributed by atoms with Crippen LogP contribution < -0.4 is 19.7 Å². The molecule has 7 nitrogen and oxygen atoms in total. The van der Waals surface area contributed by atoms with Crippen LogP contribution in [0.25, 0.3) is 0 Å². The maximum Gasteiger partial charge on any atom is 0.220 e. The van der Waals surface area contributed by atoms with Gasteiger partial charge in [0.15, 0.2) is 17.3 Å². The first kappa shape index (κ1) is 21.9. The minimum atomic E-state index is 0.302. The number of aliphatic imine (C=N–C) groups is 1. The molecule has 0 saturated heterocycles. The Hall–Kier alpha value is -3.84. The smallest absolute Gasteiger partial charge is 0.220 e. The van der Waals surface area contributed by atoms with Gasteiger partial charge in [-0.2, -0.15) is 0 Å². The van der Waals surface area contributed by atoms with E-state index in [2.05, 4.69) is 22.0 Å². The lowest BCUT2D eigenvalue weighted by Gasteiger charge is -2.12. The largest absolute Gasteiger partial charge is 0.497 e. The molecule has 7 heteroatoms. The van der Waals surface area contributed by atoms with Gasteiger partial charge in [0.2, 0.25) is 5.88 Å². The molecule has 0 fully saturated rings. The molecule has 160 valence electrons. The van der Waals surface area contributed by atoms with Crippen molar-refractivity contribution in [3.8, 4) is 23.1 Å². The second-order valence-electron chi connectivity index (χ2n) is 6.59. The number of ether oxygens (including phenoxy) is 3. The quantitative estimate of drug-likeness (QED) is 0.229. The second-order valence-corrected chi connectivity index (χ2v) is 6.59. The average molecular weight is 419 g/mol. The van der Waals surface area contributed by atoms with E-state index in [1.165, 1.54) is 0 Å². The molecule has 2 N–H and O–H groups in total. The maximum absolute atomic E-state index is 9.59. The number of nitrogens with zero attached hydrogens (tertiary/aromatic N) is 2. The highest BCUT2D eigenvalue weighted by atomic mass is 16.5.